The van der Waals surface area contributed by atoms with Crippen molar-refractivity contribution in [1.29, 1.82) is 0 Å². The summed E-state index contributed by atoms with van der Waals surface area (Å²) in [5.41, 5.74) is 0.871. The molecule has 0 bridgehead atoms. The molecule has 0 aliphatic heterocycles. The number of nitrogens with zero attached hydrogens (tertiary/aromatic N) is 4. The fraction of sp³-hybridized carbons (Fsp3) is 0.111. The molecule has 0 atom stereocenters. The first kappa shape index (κ1) is 19.3. The SMILES string of the molecule is O=C(CCc1nc(-c2ncn[nH]2)no1)Nc1ccc(NC(=O)c2ccco2)c(Cl)c1. The number of hydrogen-bond donors (Lipinski definition) is 3. The third-order valence-electron chi connectivity index (χ3n) is 3.91. The summed E-state index contributed by atoms with van der Waals surface area (Å²) in [7, 11) is 0. The predicted molar refractivity (Wildman–Crippen MR) is 105 cm³/mol. The summed E-state index contributed by atoms with van der Waals surface area (Å²) >= 11 is 6.20. The zero-order valence-electron chi connectivity index (χ0n) is 15.3. The average Bonchev–Trinajstić information content (AvgIpc) is 3.49. The van der Waals surface area contributed by atoms with Crippen molar-refractivity contribution in [2.45, 2.75) is 12.8 Å². The number of anilines is 2. The monoisotopic (exact) mass is 427 g/mol. The quantitative estimate of drug-likeness (QED) is 0.407. The molecule has 4 rings (SSSR count). The molecule has 0 fully saturated rings. The average molecular weight is 428 g/mol. The van der Waals surface area contributed by atoms with Crippen LogP contribution in [0.25, 0.3) is 11.6 Å². The molecule has 0 aliphatic rings. The number of halogens is 1. The van der Waals surface area contributed by atoms with Gasteiger partial charge in [0, 0.05) is 18.5 Å². The Morgan fingerprint density at radius 3 is 2.83 bits per heavy atom. The summed E-state index contributed by atoms with van der Waals surface area (Å²) in [6.45, 7) is 0. The van der Waals surface area contributed by atoms with Crippen molar-refractivity contribution in [3.05, 3.63) is 59.6 Å². The van der Waals surface area contributed by atoms with E-state index < -0.39 is 5.91 Å². The smallest absolute Gasteiger partial charge is 0.291 e. The lowest BCUT2D eigenvalue weighted by atomic mass is 10.2. The van der Waals surface area contributed by atoms with Crippen molar-refractivity contribution < 1.29 is 18.5 Å². The summed E-state index contributed by atoms with van der Waals surface area (Å²) in [5.74, 6) is 0.410. The molecule has 4 aromatic rings. The Labute approximate surface area is 173 Å². The van der Waals surface area contributed by atoms with E-state index in [0.717, 1.165) is 0 Å². The number of carbonyl (C=O) groups is 2. The molecule has 3 aromatic heterocycles. The second-order valence-corrected chi connectivity index (χ2v) is 6.43. The lowest BCUT2D eigenvalue weighted by Gasteiger charge is -2.09. The summed E-state index contributed by atoms with van der Waals surface area (Å²) < 4.78 is 10.1. The van der Waals surface area contributed by atoms with Gasteiger partial charge in [0.2, 0.25) is 17.6 Å². The number of nitrogens with one attached hydrogen (secondary N) is 3. The van der Waals surface area contributed by atoms with E-state index in [1.165, 1.54) is 24.7 Å². The highest BCUT2D eigenvalue weighted by Crippen LogP contribution is 2.26. The van der Waals surface area contributed by atoms with E-state index in [4.69, 9.17) is 20.5 Å². The fourth-order valence-corrected chi connectivity index (χ4v) is 2.72. The van der Waals surface area contributed by atoms with Gasteiger partial charge in [-0.1, -0.05) is 16.8 Å². The van der Waals surface area contributed by atoms with Crippen LogP contribution in [0, 0.1) is 0 Å². The molecule has 152 valence electrons. The maximum atomic E-state index is 12.2. The Bertz CT molecular complexity index is 1160. The molecule has 30 heavy (non-hydrogen) atoms. The van der Waals surface area contributed by atoms with Crippen LogP contribution >= 0.6 is 11.6 Å². The van der Waals surface area contributed by atoms with Gasteiger partial charge in [-0.3, -0.25) is 14.7 Å². The normalized spacial score (nSPS) is 10.7. The van der Waals surface area contributed by atoms with E-state index in [-0.39, 0.29) is 35.4 Å². The topological polar surface area (TPSA) is 152 Å². The molecule has 1 aromatic carbocycles. The van der Waals surface area contributed by atoms with E-state index in [1.807, 2.05) is 0 Å². The van der Waals surface area contributed by atoms with Gasteiger partial charge < -0.3 is 19.6 Å². The molecular weight excluding hydrogens is 414 g/mol. The predicted octanol–water partition coefficient (Wildman–Crippen LogP) is 2.92. The Morgan fingerprint density at radius 1 is 1.20 bits per heavy atom. The maximum absolute atomic E-state index is 12.2. The van der Waals surface area contributed by atoms with Crippen LogP contribution in [0.3, 0.4) is 0 Å². The summed E-state index contributed by atoms with van der Waals surface area (Å²) in [4.78, 5) is 32.3. The Balaban J connectivity index is 1.31. The number of H-pyrrole nitrogens is 1. The molecule has 0 saturated carbocycles. The zero-order valence-corrected chi connectivity index (χ0v) is 16.0. The van der Waals surface area contributed by atoms with Gasteiger partial charge in [0.15, 0.2) is 11.6 Å². The number of rotatable bonds is 7. The summed E-state index contributed by atoms with van der Waals surface area (Å²) in [5, 5.41) is 15.7. The van der Waals surface area contributed by atoms with Crippen LogP contribution in [0.2, 0.25) is 5.02 Å². The minimum absolute atomic E-state index is 0.118. The molecule has 2 amide bonds. The number of aromatic amines is 1. The van der Waals surface area contributed by atoms with Crippen molar-refractivity contribution in [2.75, 3.05) is 10.6 Å². The maximum Gasteiger partial charge on any atom is 0.291 e. The first-order valence-electron chi connectivity index (χ1n) is 8.71. The van der Waals surface area contributed by atoms with Gasteiger partial charge in [-0.05, 0) is 30.3 Å². The number of carbonyl (C=O) groups excluding carboxylic acids is 2. The molecule has 0 saturated heterocycles. The highest BCUT2D eigenvalue weighted by molar-refractivity contribution is 6.34. The van der Waals surface area contributed by atoms with Gasteiger partial charge in [0.05, 0.1) is 17.0 Å². The van der Waals surface area contributed by atoms with Crippen LogP contribution in [-0.2, 0) is 11.2 Å². The second-order valence-electron chi connectivity index (χ2n) is 6.02. The van der Waals surface area contributed by atoms with Gasteiger partial charge in [0.25, 0.3) is 5.91 Å². The molecule has 3 N–H and O–H groups in total. The van der Waals surface area contributed by atoms with E-state index in [2.05, 4.69) is 36.0 Å². The Kier molecular flexibility index (Phi) is 5.52. The third-order valence-corrected chi connectivity index (χ3v) is 4.22. The zero-order chi connectivity index (χ0) is 20.9. The fourth-order valence-electron chi connectivity index (χ4n) is 2.50. The van der Waals surface area contributed by atoms with Crippen molar-refractivity contribution in [3.8, 4) is 11.6 Å². The van der Waals surface area contributed by atoms with Gasteiger partial charge in [-0.15, -0.1) is 0 Å². The lowest BCUT2D eigenvalue weighted by molar-refractivity contribution is -0.116. The van der Waals surface area contributed by atoms with Crippen molar-refractivity contribution in [1.82, 2.24) is 25.3 Å². The molecule has 0 unspecified atom stereocenters. The highest BCUT2D eigenvalue weighted by Gasteiger charge is 2.14. The van der Waals surface area contributed by atoms with Gasteiger partial charge in [-0.2, -0.15) is 10.1 Å². The Morgan fingerprint density at radius 2 is 2.10 bits per heavy atom. The van der Waals surface area contributed by atoms with E-state index >= 15 is 0 Å². The molecule has 0 radical (unpaired) electrons. The van der Waals surface area contributed by atoms with Crippen LogP contribution in [0.5, 0.6) is 0 Å². The Hall–Kier alpha value is -3.99. The lowest BCUT2D eigenvalue weighted by Crippen LogP contribution is -2.13. The first-order chi connectivity index (χ1) is 14.6. The number of hydrogen-bond acceptors (Lipinski definition) is 8. The standard InChI is InChI=1S/C18H14ClN7O4/c19-11-8-10(3-4-12(11)23-18(28)13-2-1-7-29-13)22-14(27)5-6-15-24-17(26-30-15)16-20-9-21-25-16/h1-4,7-9H,5-6H2,(H,22,27)(H,23,28)(H,20,21,25). The van der Waals surface area contributed by atoms with Gasteiger partial charge in [-0.25, -0.2) is 4.98 Å². The number of aryl methyl sites for hydroxylation is 1. The van der Waals surface area contributed by atoms with Gasteiger partial charge >= 0.3 is 0 Å². The van der Waals surface area contributed by atoms with E-state index in [0.29, 0.717) is 23.1 Å². The minimum Gasteiger partial charge on any atom is -0.459 e. The molecule has 11 nitrogen and oxygen atoms in total. The molecule has 3 heterocycles. The first-order valence-corrected chi connectivity index (χ1v) is 9.09. The van der Waals surface area contributed by atoms with Crippen molar-refractivity contribution >= 4 is 34.8 Å². The molecule has 12 heteroatoms. The van der Waals surface area contributed by atoms with Crippen LogP contribution in [0.1, 0.15) is 22.9 Å². The van der Waals surface area contributed by atoms with E-state index in [9.17, 15) is 9.59 Å². The van der Waals surface area contributed by atoms with Crippen molar-refractivity contribution in [2.24, 2.45) is 0 Å². The highest BCUT2D eigenvalue weighted by atomic mass is 35.5. The third kappa shape index (κ3) is 4.52. The van der Waals surface area contributed by atoms with Crippen LogP contribution in [0.15, 0.2) is 51.9 Å². The number of aromatic nitrogens is 5. The molecule has 0 aliphatic carbocycles. The second kappa shape index (κ2) is 8.57. The molecular formula is C18H14ClN7O4. The number of benzene rings is 1. The van der Waals surface area contributed by atoms with Crippen LogP contribution in [-0.4, -0.2) is 37.1 Å². The summed E-state index contributed by atoms with van der Waals surface area (Å²) in [6, 6.07) is 7.89. The van der Waals surface area contributed by atoms with Crippen molar-refractivity contribution in [3.63, 3.8) is 0 Å². The largest absolute Gasteiger partial charge is 0.459 e. The van der Waals surface area contributed by atoms with Crippen LogP contribution < -0.4 is 10.6 Å². The number of amides is 2. The van der Waals surface area contributed by atoms with Crippen LogP contribution in [0.4, 0.5) is 11.4 Å². The number of furan rings is 1. The summed E-state index contributed by atoms with van der Waals surface area (Å²) in [6.07, 6.45) is 3.10. The molecule has 0 spiro atoms. The minimum atomic E-state index is -0.428. The van der Waals surface area contributed by atoms with E-state index in [1.54, 1.807) is 18.2 Å². The van der Waals surface area contributed by atoms with Gasteiger partial charge in [0.1, 0.15) is 6.33 Å².